The van der Waals surface area contributed by atoms with Crippen LogP contribution < -0.4 is 10.6 Å². The molecule has 1 atom stereocenters. The Morgan fingerprint density at radius 1 is 1.05 bits per heavy atom. The minimum atomic E-state index is 0.135. The molecule has 2 nitrogen and oxygen atoms in total. The van der Waals surface area contributed by atoms with Crippen molar-refractivity contribution in [1.82, 2.24) is 0 Å². The number of hydrogen-bond acceptors (Lipinski definition) is 2. The molecule has 106 valence electrons. The van der Waals surface area contributed by atoms with E-state index in [0.717, 1.165) is 6.42 Å². The lowest BCUT2D eigenvalue weighted by Crippen LogP contribution is -2.12. The minimum Gasteiger partial charge on any atom is -0.344 e. The molecular formula is C18H24N2. The fourth-order valence-corrected chi connectivity index (χ4v) is 2.50. The first-order valence-electron chi connectivity index (χ1n) is 7.19. The van der Waals surface area contributed by atoms with E-state index >= 15 is 0 Å². The normalized spacial score (nSPS) is 12.2. The van der Waals surface area contributed by atoms with Crippen molar-refractivity contribution in [1.29, 1.82) is 0 Å². The van der Waals surface area contributed by atoms with Crippen LogP contribution in [-0.2, 0) is 0 Å². The van der Waals surface area contributed by atoms with Crippen LogP contribution in [0.3, 0.4) is 0 Å². The Hall–Kier alpha value is -1.80. The molecule has 0 bridgehead atoms. The topological polar surface area (TPSA) is 29.3 Å². The second-order valence-corrected chi connectivity index (χ2v) is 5.46. The third-order valence-electron chi connectivity index (χ3n) is 3.86. The quantitative estimate of drug-likeness (QED) is 0.885. The van der Waals surface area contributed by atoms with Gasteiger partial charge in [-0.15, -0.1) is 0 Å². The van der Waals surface area contributed by atoms with Gasteiger partial charge in [-0.3, -0.25) is 0 Å². The number of hydrogen-bond donors (Lipinski definition) is 1. The van der Waals surface area contributed by atoms with Gasteiger partial charge in [-0.25, -0.2) is 0 Å². The highest BCUT2D eigenvalue weighted by atomic mass is 15.1. The maximum Gasteiger partial charge on any atom is 0.0437 e. The van der Waals surface area contributed by atoms with Gasteiger partial charge in [0.2, 0.25) is 0 Å². The number of rotatable bonds is 4. The van der Waals surface area contributed by atoms with Crippen LogP contribution in [0, 0.1) is 13.8 Å². The average molecular weight is 268 g/mol. The van der Waals surface area contributed by atoms with Crippen molar-refractivity contribution in [2.75, 3.05) is 11.9 Å². The standard InChI is InChI=1S/C18H24N2/c1-5-17(19)15-7-9-16(10-8-15)20(4)18-11-6-13(2)12-14(18)3/h6-12,17H,5,19H2,1-4H3/t17-/m1/s1. The molecule has 0 heterocycles. The molecule has 0 spiro atoms. The molecule has 0 aliphatic heterocycles. The molecule has 2 N–H and O–H groups in total. The number of nitrogens with two attached hydrogens (primary N) is 1. The Bertz CT molecular complexity index is 572. The molecule has 0 saturated heterocycles. The molecule has 0 aliphatic rings. The first kappa shape index (κ1) is 14.6. The maximum absolute atomic E-state index is 6.06. The van der Waals surface area contributed by atoms with Gasteiger partial charge in [-0.05, 0) is 49.6 Å². The molecular weight excluding hydrogens is 244 g/mol. The molecule has 0 unspecified atom stereocenters. The molecule has 0 aromatic heterocycles. The molecule has 2 rings (SSSR count). The highest BCUT2D eigenvalue weighted by Gasteiger charge is 2.08. The summed E-state index contributed by atoms with van der Waals surface area (Å²) < 4.78 is 0. The summed E-state index contributed by atoms with van der Waals surface area (Å²) in [5.41, 5.74) is 12.3. The van der Waals surface area contributed by atoms with E-state index in [1.807, 2.05) is 0 Å². The van der Waals surface area contributed by atoms with Crippen LogP contribution in [0.5, 0.6) is 0 Å². The highest BCUT2D eigenvalue weighted by molar-refractivity contribution is 5.66. The molecule has 2 aromatic rings. The predicted octanol–water partition coefficient (Wildman–Crippen LogP) is 4.48. The number of anilines is 2. The first-order chi connectivity index (χ1) is 9.52. The molecule has 0 radical (unpaired) electrons. The van der Waals surface area contributed by atoms with Gasteiger partial charge in [0.05, 0.1) is 0 Å². The Morgan fingerprint density at radius 3 is 2.25 bits per heavy atom. The van der Waals surface area contributed by atoms with E-state index in [2.05, 4.69) is 75.2 Å². The summed E-state index contributed by atoms with van der Waals surface area (Å²) in [5, 5.41) is 0. The Labute approximate surface area is 122 Å². The van der Waals surface area contributed by atoms with E-state index in [-0.39, 0.29) is 6.04 Å². The molecule has 2 aromatic carbocycles. The summed E-state index contributed by atoms with van der Waals surface area (Å²) in [4.78, 5) is 2.22. The van der Waals surface area contributed by atoms with E-state index in [9.17, 15) is 0 Å². The molecule has 0 amide bonds. The Morgan fingerprint density at radius 2 is 1.70 bits per heavy atom. The van der Waals surface area contributed by atoms with Gasteiger partial charge in [0.1, 0.15) is 0 Å². The summed E-state index contributed by atoms with van der Waals surface area (Å²) >= 11 is 0. The summed E-state index contributed by atoms with van der Waals surface area (Å²) in [7, 11) is 2.10. The van der Waals surface area contributed by atoms with Crippen molar-refractivity contribution in [3.63, 3.8) is 0 Å². The number of aryl methyl sites for hydroxylation is 2. The second-order valence-electron chi connectivity index (χ2n) is 5.46. The van der Waals surface area contributed by atoms with Crippen LogP contribution in [0.2, 0.25) is 0 Å². The van der Waals surface area contributed by atoms with Gasteiger partial charge in [-0.1, -0.05) is 36.8 Å². The fourth-order valence-electron chi connectivity index (χ4n) is 2.50. The van der Waals surface area contributed by atoms with E-state index < -0.39 is 0 Å². The summed E-state index contributed by atoms with van der Waals surface area (Å²) in [6.07, 6.45) is 0.965. The average Bonchev–Trinajstić information content (AvgIpc) is 2.46. The summed E-state index contributed by atoms with van der Waals surface area (Å²) in [6, 6.07) is 15.2. The summed E-state index contributed by atoms with van der Waals surface area (Å²) in [6.45, 7) is 6.39. The van der Waals surface area contributed by atoms with Gasteiger partial charge >= 0.3 is 0 Å². The van der Waals surface area contributed by atoms with Crippen molar-refractivity contribution < 1.29 is 0 Å². The maximum atomic E-state index is 6.06. The largest absolute Gasteiger partial charge is 0.344 e. The van der Waals surface area contributed by atoms with E-state index in [0.29, 0.717) is 0 Å². The number of nitrogens with zero attached hydrogens (tertiary/aromatic N) is 1. The van der Waals surface area contributed by atoms with Crippen LogP contribution in [0.1, 0.15) is 36.1 Å². The van der Waals surface area contributed by atoms with Crippen LogP contribution in [0.25, 0.3) is 0 Å². The monoisotopic (exact) mass is 268 g/mol. The van der Waals surface area contributed by atoms with Gasteiger partial charge in [0.15, 0.2) is 0 Å². The molecule has 0 saturated carbocycles. The van der Waals surface area contributed by atoms with Gasteiger partial charge < -0.3 is 10.6 Å². The van der Waals surface area contributed by atoms with Gasteiger partial charge in [-0.2, -0.15) is 0 Å². The van der Waals surface area contributed by atoms with Crippen LogP contribution >= 0.6 is 0 Å². The van der Waals surface area contributed by atoms with Crippen molar-refractivity contribution in [3.05, 3.63) is 59.2 Å². The van der Waals surface area contributed by atoms with E-state index in [4.69, 9.17) is 5.73 Å². The second kappa shape index (κ2) is 6.10. The SMILES string of the molecule is CC[C@@H](N)c1ccc(N(C)c2ccc(C)cc2C)cc1. The molecule has 0 aliphatic carbocycles. The van der Waals surface area contributed by atoms with Crippen LogP contribution in [-0.4, -0.2) is 7.05 Å². The molecule has 0 fully saturated rings. The fraction of sp³-hybridized carbons (Fsp3) is 0.333. The predicted molar refractivity (Wildman–Crippen MR) is 87.6 cm³/mol. The van der Waals surface area contributed by atoms with Crippen molar-refractivity contribution in [2.24, 2.45) is 5.73 Å². The van der Waals surface area contributed by atoms with E-state index in [1.54, 1.807) is 0 Å². The smallest absolute Gasteiger partial charge is 0.0437 e. The lowest BCUT2D eigenvalue weighted by Gasteiger charge is -2.22. The lowest BCUT2D eigenvalue weighted by molar-refractivity contribution is 0.699. The first-order valence-corrected chi connectivity index (χ1v) is 7.19. The van der Waals surface area contributed by atoms with Gasteiger partial charge in [0, 0.05) is 24.5 Å². The molecule has 20 heavy (non-hydrogen) atoms. The zero-order valence-corrected chi connectivity index (χ0v) is 12.9. The van der Waals surface area contributed by atoms with Crippen molar-refractivity contribution in [3.8, 4) is 0 Å². The Kier molecular flexibility index (Phi) is 4.46. The lowest BCUT2D eigenvalue weighted by atomic mass is 10.0. The van der Waals surface area contributed by atoms with Crippen molar-refractivity contribution in [2.45, 2.75) is 33.2 Å². The van der Waals surface area contributed by atoms with Crippen molar-refractivity contribution >= 4 is 11.4 Å². The van der Waals surface area contributed by atoms with Crippen LogP contribution in [0.15, 0.2) is 42.5 Å². The third kappa shape index (κ3) is 3.02. The zero-order valence-electron chi connectivity index (χ0n) is 12.9. The summed E-state index contributed by atoms with van der Waals surface area (Å²) in [5.74, 6) is 0. The highest BCUT2D eigenvalue weighted by Crippen LogP contribution is 2.28. The molecule has 2 heteroatoms. The van der Waals surface area contributed by atoms with Gasteiger partial charge in [0.25, 0.3) is 0 Å². The zero-order chi connectivity index (χ0) is 14.7. The van der Waals surface area contributed by atoms with E-state index in [1.165, 1.54) is 28.1 Å². The number of benzene rings is 2. The van der Waals surface area contributed by atoms with Crippen LogP contribution in [0.4, 0.5) is 11.4 Å². The third-order valence-corrected chi connectivity index (χ3v) is 3.86. The minimum absolute atomic E-state index is 0.135. The Balaban J connectivity index is 2.26.